The molecule has 0 radical (unpaired) electrons. The normalized spacial score (nSPS) is 22.9. The van der Waals surface area contributed by atoms with Gasteiger partial charge in [0.25, 0.3) is 0 Å². The van der Waals surface area contributed by atoms with E-state index in [4.69, 9.17) is 14.6 Å². The summed E-state index contributed by atoms with van der Waals surface area (Å²) in [7, 11) is 1.71. The van der Waals surface area contributed by atoms with Crippen molar-refractivity contribution in [2.45, 2.75) is 69.7 Å². The van der Waals surface area contributed by atoms with Crippen LogP contribution in [-0.4, -0.2) is 55.5 Å². The third-order valence-corrected chi connectivity index (χ3v) is 6.61. The predicted molar refractivity (Wildman–Crippen MR) is 119 cm³/mol. The van der Waals surface area contributed by atoms with Crippen LogP contribution in [0.1, 0.15) is 57.1 Å². The van der Waals surface area contributed by atoms with Crippen LogP contribution in [0.25, 0.3) is 11.4 Å². The number of aliphatic carboxylic acids is 1. The third kappa shape index (κ3) is 5.63. The molecule has 184 valence electrons. The number of carbonyl (C=O) groups is 2. The van der Waals surface area contributed by atoms with Crippen molar-refractivity contribution in [2.75, 3.05) is 6.54 Å². The summed E-state index contributed by atoms with van der Waals surface area (Å²) >= 11 is 0. The number of carboxylic acid groups (broad SMARTS) is 1. The minimum Gasteiger partial charge on any atom is -0.489 e. The van der Waals surface area contributed by atoms with Crippen molar-refractivity contribution in [1.82, 2.24) is 25.3 Å². The Morgan fingerprint density at radius 1 is 1.26 bits per heavy atom. The van der Waals surface area contributed by atoms with Crippen LogP contribution < -0.4 is 10.1 Å². The Morgan fingerprint density at radius 3 is 2.76 bits per heavy atom. The molecule has 2 aliphatic carbocycles. The summed E-state index contributed by atoms with van der Waals surface area (Å²) in [5, 5.41) is 20.1. The van der Waals surface area contributed by atoms with Gasteiger partial charge in [0, 0.05) is 20.0 Å². The Kier molecular flexibility index (Phi) is 7.28. The van der Waals surface area contributed by atoms with E-state index in [1.54, 1.807) is 19.2 Å². The topological polar surface area (TPSA) is 128 Å². The molecule has 1 amide bonds. The Morgan fingerprint density at radius 2 is 2.06 bits per heavy atom. The summed E-state index contributed by atoms with van der Waals surface area (Å²) in [6, 6.07) is 3.36. The number of ether oxygens (including phenoxy) is 2. The number of hydrogen-bond donors (Lipinski definition) is 2. The average molecular weight is 476 g/mol. The second kappa shape index (κ2) is 10.4. The van der Waals surface area contributed by atoms with E-state index in [-0.39, 0.29) is 19.4 Å². The molecule has 2 N–H and O–H groups in total. The van der Waals surface area contributed by atoms with Crippen molar-refractivity contribution in [3.63, 3.8) is 0 Å². The van der Waals surface area contributed by atoms with Gasteiger partial charge in [0.1, 0.15) is 29.8 Å². The smallest absolute Gasteiger partial charge is 0.407 e. The molecule has 2 aromatic heterocycles. The lowest BCUT2D eigenvalue weighted by Gasteiger charge is -2.31. The zero-order valence-corrected chi connectivity index (χ0v) is 19.2. The second-order valence-corrected chi connectivity index (χ2v) is 9.10. The third-order valence-electron chi connectivity index (χ3n) is 6.61. The molecule has 2 saturated carbocycles. The number of carbonyl (C=O) groups excluding carboxylic acids is 1. The van der Waals surface area contributed by atoms with E-state index >= 15 is 0 Å². The van der Waals surface area contributed by atoms with E-state index in [1.165, 1.54) is 23.7 Å². The number of pyridine rings is 1. The molecule has 4 rings (SSSR count). The summed E-state index contributed by atoms with van der Waals surface area (Å²) in [5.74, 6) is -0.513. The van der Waals surface area contributed by atoms with Crippen LogP contribution in [0.3, 0.4) is 0 Å². The highest BCUT2D eigenvalue weighted by Crippen LogP contribution is 2.34. The lowest BCUT2D eigenvalue weighted by molar-refractivity contribution is -0.155. The quantitative estimate of drug-likeness (QED) is 0.594. The van der Waals surface area contributed by atoms with Crippen molar-refractivity contribution in [3.05, 3.63) is 24.0 Å². The summed E-state index contributed by atoms with van der Waals surface area (Å²) < 4.78 is 27.2. The van der Waals surface area contributed by atoms with Gasteiger partial charge in [0.05, 0.1) is 11.9 Å². The van der Waals surface area contributed by atoms with E-state index < -0.39 is 23.8 Å². The van der Waals surface area contributed by atoms with E-state index in [1.807, 2.05) is 0 Å². The average Bonchev–Trinajstić information content (AvgIpc) is 3.46. The van der Waals surface area contributed by atoms with Crippen LogP contribution in [0.15, 0.2) is 18.3 Å². The SMILES string of the molecule is Cn1nnc(-c2ccc(OC3CCCC(F)(C(=O)O)C3)cn2)c1COC(=O)NCC1CCCC1. The number of nitrogens with zero attached hydrogens (tertiary/aromatic N) is 4. The minimum atomic E-state index is -2.26. The largest absolute Gasteiger partial charge is 0.489 e. The molecule has 10 nitrogen and oxygen atoms in total. The highest BCUT2D eigenvalue weighted by molar-refractivity contribution is 5.77. The lowest BCUT2D eigenvalue weighted by atomic mass is 9.84. The first-order valence-electron chi connectivity index (χ1n) is 11.7. The van der Waals surface area contributed by atoms with E-state index in [2.05, 4.69) is 20.6 Å². The van der Waals surface area contributed by atoms with Crippen LogP contribution in [0, 0.1) is 5.92 Å². The van der Waals surface area contributed by atoms with Crippen molar-refractivity contribution in [3.8, 4) is 17.1 Å². The van der Waals surface area contributed by atoms with Crippen molar-refractivity contribution in [1.29, 1.82) is 0 Å². The monoisotopic (exact) mass is 475 g/mol. The van der Waals surface area contributed by atoms with E-state index in [0.29, 0.717) is 48.1 Å². The molecule has 2 aromatic rings. The number of rotatable bonds is 8. The summed E-state index contributed by atoms with van der Waals surface area (Å²) in [4.78, 5) is 27.7. The van der Waals surface area contributed by atoms with Gasteiger partial charge in [0.15, 0.2) is 0 Å². The number of alkyl carbamates (subject to hydrolysis) is 1. The van der Waals surface area contributed by atoms with Gasteiger partial charge in [-0.05, 0) is 50.2 Å². The van der Waals surface area contributed by atoms with Crippen LogP contribution in [0.5, 0.6) is 5.75 Å². The fourth-order valence-electron chi connectivity index (χ4n) is 4.62. The standard InChI is InChI=1S/C23H30FN5O5/c1-29-19(14-33-22(32)26-12-15-5-2-3-6-15)20(27-28-29)18-9-8-17(13-25-18)34-16-7-4-10-23(24,11-16)21(30)31/h8-9,13,15-16H,2-7,10-12,14H2,1H3,(H,26,32)(H,30,31). The van der Waals surface area contributed by atoms with Gasteiger partial charge in [-0.3, -0.25) is 4.98 Å². The van der Waals surface area contributed by atoms with Crippen molar-refractivity contribution < 1.29 is 28.6 Å². The molecule has 0 saturated heterocycles. The molecule has 2 unspecified atom stereocenters. The van der Waals surface area contributed by atoms with Crippen LogP contribution in [-0.2, 0) is 23.2 Å². The van der Waals surface area contributed by atoms with Gasteiger partial charge in [-0.25, -0.2) is 18.7 Å². The molecule has 2 heterocycles. The highest BCUT2D eigenvalue weighted by atomic mass is 19.1. The number of hydrogen-bond acceptors (Lipinski definition) is 7. The maximum Gasteiger partial charge on any atom is 0.407 e. The zero-order valence-electron chi connectivity index (χ0n) is 19.2. The number of carboxylic acids is 1. The van der Waals surface area contributed by atoms with Gasteiger partial charge >= 0.3 is 12.1 Å². The zero-order chi connectivity index (χ0) is 24.1. The first-order valence-corrected chi connectivity index (χ1v) is 11.7. The van der Waals surface area contributed by atoms with Crippen LogP contribution >= 0.6 is 0 Å². The summed E-state index contributed by atoms with van der Waals surface area (Å²) in [6.45, 7) is 0.612. The lowest BCUT2D eigenvalue weighted by Crippen LogP contribution is -2.42. The number of alkyl halides is 1. The molecule has 2 aliphatic rings. The molecule has 0 aliphatic heterocycles. The van der Waals surface area contributed by atoms with E-state index in [0.717, 1.165) is 12.8 Å². The molecule has 2 fully saturated rings. The highest BCUT2D eigenvalue weighted by Gasteiger charge is 2.44. The van der Waals surface area contributed by atoms with Gasteiger partial charge in [-0.2, -0.15) is 0 Å². The Bertz CT molecular complexity index is 1010. The van der Waals surface area contributed by atoms with Gasteiger partial charge in [-0.1, -0.05) is 18.1 Å². The van der Waals surface area contributed by atoms with E-state index in [9.17, 15) is 14.0 Å². The molecule has 11 heteroatoms. The molecule has 0 aromatic carbocycles. The molecular formula is C23H30FN5O5. The molecule has 0 spiro atoms. The van der Waals surface area contributed by atoms with Crippen LogP contribution in [0.4, 0.5) is 9.18 Å². The number of aryl methyl sites for hydroxylation is 1. The van der Waals surface area contributed by atoms with Crippen molar-refractivity contribution >= 4 is 12.1 Å². The maximum absolute atomic E-state index is 14.5. The summed E-state index contributed by atoms with van der Waals surface area (Å²) in [5.41, 5.74) is -0.676. The number of aromatic nitrogens is 4. The fraction of sp³-hybridized carbons (Fsp3) is 0.609. The molecule has 0 bridgehead atoms. The Hall–Kier alpha value is -3.24. The van der Waals surface area contributed by atoms with Gasteiger partial charge < -0.3 is 19.9 Å². The predicted octanol–water partition coefficient (Wildman–Crippen LogP) is 3.41. The second-order valence-electron chi connectivity index (χ2n) is 9.10. The Labute approximate surface area is 196 Å². The minimum absolute atomic E-state index is 0.00445. The van der Waals surface area contributed by atoms with Gasteiger partial charge in [-0.15, -0.1) is 5.10 Å². The first-order chi connectivity index (χ1) is 16.3. The molecular weight excluding hydrogens is 445 g/mol. The van der Waals surface area contributed by atoms with Gasteiger partial charge in [0.2, 0.25) is 5.67 Å². The number of amides is 1. The number of halogens is 1. The fourth-order valence-corrected chi connectivity index (χ4v) is 4.62. The number of nitrogens with one attached hydrogen (secondary N) is 1. The molecule has 2 atom stereocenters. The first kappa shape index (κ1) is 23.9. The Balaban J connectivity index is 1.34. The van der Waals surface area contributed by atoms with Crippen molar-refractivity contribution in [2.24, 2.45) is 13.0 Å². The molecule has 34 heavy (non-hydrogen) atoms. The maximum atomic E-state index is 14.5. The van der Waals surface area contributed by atoms with Crippen LogP contribution in [0.2, 0.25) is 0 Å². The summed E-state index contributed by atoms with van der Waals surface area (Å²) in [6.07, 6.45) is 5.98.